The molecular formula is C17H22BrN. The van der Waals surface area contributed by atoms with Crippen LogP contribution in [0.5, 0.6) is 0 Å². The molecule has 0 unspecified atom stereocenters. The van der Waals surface area contributed by atoms with E-state index in [9.17, 15) is 0 Å². The van der Waals surface area contributed by atoms with Crippen molar-refractivity contribution < 1.29 is 0 Å². The molecule has 2 rings (SSSR count). The molecule has 0 aliphatic heterocycles. The highest BCUT2D eigenvalue weighted by molar-refractivity contribution is 9.10. The van der Waals surface area contributed by atoms with Crippen LogP contribution in [0, 0.1) is 0 Å². The third kappa shape index (κ3) is 3.18. The van der Waals surface area contributed by atoms with E-state index in [4.69, 9.17) is 0 Å². The smallest absolute Gasteiger partial charge is 0.0253 e. The van der Waals surface area contributed by atoms with Crippen LogP contribution in [0.15, 0.2) is 40.9 Å². The summed E-state index contributed by atoms with van der Waals surface area (Å²) in [5.74, 6) is 0. The Morgan fingerprint density at radius 1 is 1.05 bits per heavy atom. The summed E-state index contributed by atoms with van der Waals surface area (Å²) in [6.45, 7) is 8.92. The van der Waals surface area contributed by atoms with Crippen LogP contribution in [-0.4, -0.2) is 13.1 Å². The zero-order valence-electron chi connectivity index (χ0n) is 12.0. The third-order valence-corrected chi connectivity index (χ3v) is 4.47. The SMILES string of the molecule is CCNCCC(C)(C)c1ccc(Br)c2ccccc12. The van der Waals surface area contributed by atoms with E-state index in [0.29, 0.717) is 0 Å². The lowest BCUT2D eigenvalue weighted by molar-refractivity contribution is 0.464. The molecular weight excluding hydrogens is 298 g/mol. The first-order valence-electron chi connectivity index (χ1n) is 6.94. The maximum Gasteiger partial charge on any atom is 0.0253 e. The normalized spacial score (nSPS) is 12.0. The Balaban J connectivity index is 2.41. The van der Waals surface area contributed by atoms with Crippen LogP contribution >= 0.6 is 15.9 Å². The van der Waals surface area contributed by atoms with Crippen molar-refractivity contribution in [1.29, 1.82) is 0 Å². The second kappa shape index (κ2) is 6.06. The van der Waals surface area contributed by atoms with Crippen molar-refractivity contribution in [3.05, 3.63) is 46.4 Å². The standard InChI is InChI=1S/C17H22BrN/c1-4-19-12-11-17(2,3)15-9-10-16(18)14-8-6-5-7-13(14)15/h5-10,19H,4,11-12H2,1-3H3. The molecule has 19 heavy (non-hydrogen) atoms. The summed E-state index contributed by atoms with van der Waals surface area (Å²) in [6, 6.07) is 13.1. The Bertz CT molecular complexity index is 560. The van der Waals surface area contributed by atoms with E-state index in [1.54, 1.807) is 0 Å². The fourth-order valence-electron chi connectivity index (χ4n) is 2.56. The summed E-state index contributed by atoms with van der Waals surface area (Å²) in [5, 5.41) is 6.09. The molecule has 0 heterocycles. The molecule has 2 aromatic carbocycles. The van der Waals surface area contributed by atoms with Crippen LogP contribution in [0.4, 0.5) is 0 Å². The second-order valence-electron chi connectivity index (χ2n) is 5.63. The van der Waals surface area contributed by atoms with Gasteiger partial charge in [0.2, 0.25) is 0 Å². The Kier molecular flexibility index (Phi) is 4.64. The first kappa shape index (κ1) is 14.5. The first-order valence-corrected chi connectivity index (χ1v) is 7.74. The monoisotopic (exact) mass is 319 g/mol. The minimum Gasteiger partial charge on any atom is -0.317 e. The molecule has 2 heteroatoms. The molecule has 0 amide bonds. The first-order chi connectivity index (χ1) is 9.06. The zero-order chi connectivity index (χ0) is 13.9. The number of hydrogen-bond donors (Lipinski definition) is 1. The van der Waals surface area contributed by atoms with E-state index in [1.807, 2.05) is 0 Å². The number of hydrogen-bond acceptors (Lipinski definition) is 1. The van der Waals surface area contributed by atoms with Crippen molar-refractivity contribution in [2.45, 2.75) is 32.6 Å². The molecule has 0 saturated heterocycles. The number of halogens is 1. The quantitative estimate of drug-likeness (QED) is 0.774. The minimum atomic E-state index is 0.183. The van der Waals surface area contributed by atoms with Gasteiger partial charge in [-0.25, -0.2) is 0 Å². The maximum atomic E-state index is 3.65. The molecule has 0 aromatic heterocycles. The Morgan fingerprint density at radius 2 is 1.74 bits per heavy atom. The molecule has 0 radical (unpaired) electrons. The van der Waals surface area contributed by atoms with Crippen LogP contribution in [0.1, 0.15) is 32.8 Å². The summed E-state index contributed by atoms with van der Waals surface area (Å²) in [7, 11) is 0. The van der Waals surface area contributed by atoms with Gasteiger partial charge in [-0.2, -0.15) is 0 Å². The predicted octanol–water partition coefficient (Wildman–Crippen LogP) is 4.88. The van der Waals surface area contributed by atoms with Crippen molar-refractivity contribution in [2.75, 3.05) is 13.1 Å². The second-order valence-corrected chi connectivity index (χ2v) is 6.48. The molecule has 1 N–H and O–H groups in total. The molecule has 0 fully saturated rings. The molecule has 0 aliphatic carbocycles. The number of benzene rings is 2. The lowest BCUT2D eigenvalue weighted by atomic mass is 9.79. The highest BCUT2D eigenvalue weighted by Gasteiger charge is 2.22. The molecule has 0 saturated carbocycles. The fraction of sp³-hybridized carbons (Fsp3) is 0.412. The van der Waals surface area contributed by atoms with Crippen LogP contribution < -0.4 is 5.32 Å². The molecule has 0 atom stereocenters. The minimum absolute atomic E-state index is 0.183. The van der Waals surface area contributed by atoms with Crippen LogP contribution in [0.25, 0.3) is 10.8 Å². The van der Waals surface area contributed by atoms with E-state index in [-0.39, 0.29) is 5.41 Å². The summed E-state index contributed by atoms with van der Waals surface area (Å²) in [6.07, 6.45) is 1.15. The average molecular weight is 320 g/mol. The Hall–Kier alpha value is -0.860. The summed E-state index contributed by atoms with van der Waals surface area (Å²) < 4.78 is 1.18. The van der Waals surface area contributed by atoms with Gasteiger partial charge in [0, 0.05) is 4.47 Å². The van der Waals surface area contributed by atoms with Gasteiger partial charge in [-0.3, -0.25) is 0 Å². The molecule has 0 aliphatic rings. The van der Waals surface area contributed by atoms with Gasteiger partial charge in [-0.05, 0) is 47.3 Å². The van der Waals surface area contributed by atoms with Gasteiger partial charge in [0.25, 0.3) is 0 Å². The average Bonchev–Trinajstić information content (AvgIpc) is 2.39. The number of rotatable bonds is 5. The van der Waals surface area contributed by atoms with Gasteiger partial charge in [0.05, 0.1) is 0 Å². The van der Waals surface area contributed by atoms with Crippen molar-refractivity contribution in [3.63, 3.8) is 0 Å². The molecule has 0 spiro atoms. The van der Waals surface area contributed by atoms with Gasteiger partial charge in [0.15, 0.2) is 0 Å². The maximum absolute atomic E-state index is 3.65. The van der Waals surface area contributed by atoms with Gasteiger partial charge in [-0.15, -0.1) is 0 Å². The number of fused-ring (bicyclic) bond motifs is 1. The van der Waals surface area contributed by atoms with E-state index >= 15 is 0 Å². The summed E-state index contributed by atoms with van der Waals surface area (Å²) in [5.41, 5.74) is 1.62. The van der Waals surface area contributed by atoms with Gasteiger partial charge >= 0.3 is 0 Å². The van der Waals surface area contributed by atoms with Gasteiger partial charge in [0.1, 0.15) is 0 Å². The molecule has 2 aromatic rings. The van der Waals surface area contributed by atoms with E-state index < -0.39 is 0 Å². The lowest BCUT2D eigenvalue weighted by Crippen LogP contribution is -2.25. The van der Waals surface area contributed by atoms with Crippen LogP contribution in [0.3, 0.4) is 0 Å². The van der Waals surface area contributed by atoms with E-state index in [0.717, 1.165) is 19.5 Å². The third-order valence-electron chi connectivity index (χ3n) is 3.78. The highest BCUT2D eigenvalue weighted by atomic mass is 79.9. The van der Waals surface area contributed by atoms with E-state index in [1.165, 1.54) is 20.8 Å². The van der Waals surface area contributed by atoms with Crippen LogP contribution in [-0.2, 0) is 5.41 Å². The summed E-state index contributed by atoms with van der Waals surface area (Å²) in [4.78, 5) is 0. The van der Waals surface area contributed by atoms with Gasteiger partial charge in [-0.1, -0.05) is 67.0 Å². The fourth-order valence-corrected chi connectivity index (χ4v) is 3.04. The highest BCUT2D eigenvalue weighted by Crippen LogP contribution is 2.35. The van der Waals surface area contributed by atoms with E-state index in [2.05, 4.69) is 78.4 Å². The largest absolute Gasteiger partial charge is 0.317 e. The van der Waals surface area contributed by atoms with Crippen molar-refractivity contribution in [3.8, 4) is 0 Å². The van der Waals surface area contributed by atoms with Crippen LogP contribution in [0.2, 0.25) is 0 Å². The molecule has 1 nitrogen and oxygen atoms in total. The Labute approximate surface area is 124 Å². The topological polar surface area (TPSA) is 12.0 Å². The Morgan fingerprint density at radius 3 is 2.42 bits per heavy atom. The lowest BCUT2D eigenvalue weighted by Gasteiger charge is -2.27. The predicted molar refractivity (Wildman–Crippen MR) is 87.8 cm³/mol. The summed E-state index contributed by atoms with van der Waals surface area (Å²) >= 11 is 3.65. The molecule has 102 valence electrons. The van der Waals surface area contributed by atoms with Gasteiger partial charge < -0.3 is 5.32 Å². The van der Waals surface area contributed by atoms with Crippen molar-refractivity contribution in [1.82, 2.24) is 5.32 Å². The number of nitrogens with one attached hydrogen (secondary N) is 1. The van der Waals surface area contributed by atoms with Crippen molar-refractivity contribution in [2.24, 2.45) is 0 Å². The zero-order valence-corrected chi connectivity index (χ0v) is 13.5. The molecule has 0 bridgehead atoms. The van der Waals surface area contributed by atoms with Crippen molar-refractivity contribution >= 4 is 26.7 Å².